The Morgan fingerprint density at radius 1 is 1.29 bits per heavy atom. The van der Waals surface area contributed by atoms with E-state index in [1.165, 1.54) is 12.1 Å². The van der Waals surface area contributed by atoms with Crippen LogP contribution in [-0.4, -0.2) is 24.1 Å². The van der Waals surface area contributed by atoms with Crippen molar-refractivity contribution in [1.82, 2.24) is 4.90 Å². The van der Waals surface area contributed by atoms with Gasteiger partial charge in [-0.3, -0.25) is 0 Å². The van der Waals surface area contributed by atoms with Crippen LogP contribution in [0.15, 0.2) is 48.5 Å². The smallest absolute Gasteiger partial charge is 0.410 e. The van der Waals surface area contributed by atoms with Crippen molar-refractivity contribution in [2.24, 2.45) is 5.73 Å². The van der Waals surface area contributed by atoms with Gasteiger partial charge in [-0.2, -0.15) is 0 Å². The van der Waals surface area contributed by atoms with Crippen LogP contribution in [0, 0.1) is 5.82 Å². The highest BCUT2D eigenvalue weighted by Crippen LogP contribution is 2.31. The highest BCUT2D eigenvalue weighted by Gasteiger charge is 2.39. The lowest BCUT2D eigenvalue weighted by atomic mass is 9.90. The van der Waals surface area contributed by atoms with Crippen molar-refractivity contribution in [2.45, 2.75) is 18.6 Å². The lowest BCUT2D eigenvalue weighted by Crippen LogP contribution is -2.41. The minimum atomic E-state index is -0.794. The van der Waals surface area contributed by atoms with Crippen LogP contribution in [0.3, 0.4) is 0 Å². The van der Waals surface area contributed by atoms with E-state index in [0.717, 1.165) is 5.56 Å². The molecule has 1 unspecified atom stereocenters. The standard InChI is InChI=1S/C18H18ClFN2O2/c19-15-7-6-14(10-16(15)20)18(21)8-9-22(12-18)17(23)24-11-13-4-2-1-3-5-13/h1-7,10H,8-9,11-12,21H2. The van der Waals surface area contributed by atoms with E-state index in [2.05, 4.69) is 0 Å². The Morgan fingerprint density at radius 3 is 2.75 bits per heavy atom. The summed E-state index contributed by atoms with van der Waals surface area (Å²) in [6, 6.07) is 14.0. The molecule has 6 heteroatoms. The van der Waals surface area contributed by atoms with E-state index in [0.29, 0.717) is 18.5 Å². The van der Waals surface area contributed by atoms with Gasteiger partial charge in [0.05, 0.1) is 10.6 Å². The summed E-state index contributed by atoms with van der Waals surface area (Å²) < 4.78 is 19.0. The molecule has 1 aliphatic rings. The van der Waals surface area contributed by atoms with Crippen molar-refractivity contribution in [3.8, 4) is 0 Å². The van der Waals surface area contributed by atoms with Crippen molar-refractivity contribution < 1.29 is 13.9 Å². The molecule has 126 valence electrons. The van der Waals surface area contributed by atoms with Crippen LogP contribution in [0.25, 0.3) is 0 Å². The molecule has 1 heterocycles. The normalized spacial score (nSPS) is 20.2. The zero-order valence-corrected chi connectivity index (χ0v) is 13.8. The van der Waals surface area contributed by atoms with Crippen LogP contribution < -0.4 is 5.73 Å². The predicted molar refractivity (Wildman–Crippen MR) is 90.1 cm³/mol. The first-order valence-electron chi connectivity index (χ1n) is 7.68. The molecule has 1 amide bonds. The number of nitrogens with zero attached hydrogens (tertiary/aromatic N) is 1. The van der Waals surface area contributed by atoms with Crippen molar-refractivity contribution in [3.63, 3.8) is 0 Å². The fourth-order valence-corrected chi connectivity index (χ4v) is 2.96. The molecule has 2 aromatic rings. The first-order valence-corrected chi connectivity index (χ1v) is 8.06. The minimum Gasteiger partial charge on any atom is -0.445 e. The van der Waals surface area contributed by atoms with Crippen LogP contribution in [0.2, 0.25) is 5.02 Å². The number of amides is 1. The Balaban J connectivity index is 1.63. The maximum absolute atomic E-state index is 13.7. The quantitative estimate of drug-likeness (QED) is 0.920. The van der Waals surface area contributed by atoms with Crippen molar-refractivity contribution in [2.75, 3.05) is 13.1 Å². The number of rotatable bonds is 3. The molecule has 0 bridgehead atoms. The average molecular weight is 349 g/mol. The van der Waals surface area contributed by atoms with Gasteiger partial charge in [0.15, 0.2) is 0 Å². The second kappa shape index (κ2) is 6.79. The molecule has 0 radical (unpaired) electrons. The maximum atomic E-state index is 13.7. The van der Waals surface area contributed by atoms with Crippen LogP contribution in [0.1, 0.15) is 17.5 Å². The minimum absolute atomic E-state index is 0.0551. The van der Waals surface area contributed by atoms with E-state index in [-0.39, 0.29) is 18.2 Å². The molecule has 1 saturated heterocycles. The van der Waals surface area contributed by atoms with Crippen LogP contribution in [-0.2, 0) is 16.9 Å². The van der Waals surface area contributed by atoms with Crippen LogP contribution in [0.5, 0.6) is 0 Å². The number of carbonyl (C=O) groups is 1. The number of carbonyl (C=O) groups excluding carboxylic acids is 1. The number of nitrogens with two attached hydrogens (primary N) is 1. The fourth-order valence-electron chi connectivity index (χ4n) is 2.84. The van der Waals surface area contributed by atoms with E-state index >= 15 is 0 Å². The molecule has 4 nitrogen and oxygen atoms in total. The third-order valence-electron chi connectivity index (χ3n) is 4.26. The summed E-state index contributed by atoms with van der Waals surface area (Å²) in [5, 5.41) is 0.0551. The molecule has 2 aromatic carbocycles. The second-order valence-electron chi connectivity index (χ2n) is 6.00. The topological polar surface area (TPSA) is 55.6 Å². The van der Waals surface area contributed by atoms with E-state index < -0.39 is 17.4 Å². The first-order chi connectivity index (χ1) is 11.5. The van der Waals surface area contributed by atoms with Gasteiger partial charge in [0.25, 0.3) is 0 Å². The van der Waals surface area contributed by atoms with Gasteiger partial charge >= 0.3 is 6.09 Å². The predicted octanol–water partition coefficient (Wildman–Crippen LogP) is 3.68. The third kappa shape index (κ3) is 3.52. The second-order valence-corrected chi connectivity index (χ2v) is 6.40. The Hall–Kier alpha value is -2.11. The average Bonchev–Trinajstić information content (AvgIpc) is 3.00. The number of hydrogen-bond acceptors (Lipinski definition) is 3. The van der Waals surface area contributed by atoms with E-state index in [9.17, 15) is 9.18 Å². The Labute approximate surface area is 145 Å². The highest BCUT2D eigenvalue weighted by atomic mass is 35.5. The van der Waals surface area contributed by atoms with Gasteiger partial charge in [-0.15, -0.1) is 0 Å². The van der Waals surface area contributed by atoms with Gasteiger partial charge in [0, 0.05) is 13.1 Å². The van der Waals surface area contributed by atoms with Gasteiger partial charge < -0.3 is 15.4 Å². The summed E-state index contributed by atoms with van der Waals surface area (Å²) in [6.07, 6.45) is 0.120. The maximum Gasteiger partial charge on any atom is 0.410 e. The van der Waals surface area contributed by atoms with Gasteiger partial charge in [0.2, 0.25) is 0 Å². The monoisotopic (exact) mass is 348 g/mol. The Kier molecular flexibility index (Phi) is 4.73. The fraction of sp³-hybridized carbons (Fsp3) is 0.278. The number of ether oxygens (including phenoxy) is 1. The number of benzene rings is 2. The molecule has 3 rings (SSSR count). The molecule has 0 aliphatic carbocycles. The van der Waals surface area contributed by atoms with Crippen molar-refractivity contribution in [1.29, 1.82) is 0 Å². The summed E-state index contributed by atoms with van der Waals surface area (Å²) in [4.78, 5) is 13.8. The zero-order valence-electron chi connectivity index (χ0n) is 13.0. The Bertz CT molecular complexity index is 741. The highest BCUT2D eigenvalue weighted by molar-refractivity contribution is 6.30. The van der Waals surface area contributed by atoms with Crippen molar-refractivity contribution >= 4 is 17.7 Å². The lowest BCUT2D eigenvalue weighted by molar-refractivity contribution is 0.102. The van der Waals surface area contributed by atoms with Gasteiger partial charge in [-0.05, 0) is 29.7 Å². The number of hydrogen-bond donors (Lipinski definition) is 1. The molecule has 0 aromatic heterocycles. The Morgan fingerprint density at radius 2 is 2.04 bits per heavy atom. The number of likely N-dealkylation sites (tertiary alicyclic amines) is 1. The molecular weight excluding hydrogens is 331 g/mol. The molecule has 24 heavy (non-hydrogen) atoms. The van der Waals surface area contributed by atoms with Crippen LogP contribution >= 0.6 is 11.6 Å². The van der Waals surface area contributed by atoms with Crippen LogP contribution in [0.4, 0.5) is 9.18 Å². The number of halogens is 2. The molecule has 0 saturated carbocycles. The summed E-state index contributed by atoms with van der Waals surface area (Å²) in [6.45, 7) is 0.958. The SMILES string of the molecule is NC1(c2ccc(Cl)c(F)c2)CCN(C(=O)OCc2ccccc2)C1. The van der Waals surface area contributed by atoms with E-state index in [1.807, 2.05) is 30.3 Å². The van der Waals surface area contributed by atoms with Gasteiger partial charge in [-0.25, -0.2) is 9.18 Å². The summed E-state index contributed by atoms with van der Waals surface area (Å²) in [5.41, 5.74) is 7.13. The summed E-state index contributed by atoms with van der Waals surface area (Å²) in [5.74, 6) is -0.510. The van der Waals surface area contributed by atoms with E-state index in [1.54, 1.807) is 11.0 Å². The first kappa shape index (κ1) is 16.7. The third-order valence-corrected chi connectivity index (χ3v) is 4.57. The molecule has 0 spiro atoms. The summed E-state index contributed by atoms with van der Waals surface area (Å²) >= 11 is 5.71. The lowest BCUT2D eigenvalue weighted by Gasteiger charge is -2.25. The van der Waals surface area contributed by atoms with Crippen molar-refractivity contribution in [3.05, 3.63) is 70.5 Å². The summed E-state index contributed by atoms with van der Waals surface area (Å²) in [7, 11) is 0. The zero-order chi connectivity index (χ0) is 17.2. The van der Waals surface area contributed by atoms with Gasteiger partial charge in [0.1, 0.15) is 12.4 Å². The molecule has 1 fully saturated rings. The molecular formula is C18H18ClFN2O2. The molecule has 2 N–H and O–H groups in total. The molecule has 1 atom stereocenters. The molecule has 1 aliphatic heterocycles. The van der Waals surface area contributed by atoms with E-state index in [4.69, 9.17) is 22.1 Å². The largest absolute Gasteiger partial charge is 0.445 e. The van der Waals surface area contributed by atoms with Gasteiger partial charge in [-0.1, -0.05) is 48.0 Å².